The number of hydrogen-bond donors (Lipinski definition) is 1. The molecular weight excluding hydrogens is 499 g/mol. The van der Waals surface area contributed by atoms with Crippen LogP contribution in [0.25, 0.3) is 0 Å². The van der Waals surface area contributed by atoms with Gasteiger partial charge >= 0.3 is 6.36 Å². The number of carbonyl (C=O) groups is 1. The second-order valence-electron chi connectivity index (χ2n) is 9.25. The number of rotatable bonds is 6. The number of carbonyl (C=O) groups excluding carboxylic acids is 1. The summed E-state index contributed by atoms with van der Waals surface area (Å²) in [5, 5.41) is 20.0. The summed E-state index contributed by atoms with van der Waals surface area (Å²) < 4.78 is 41.1. The molecule has 0 bridgehead atoms. The van der Waals surface area contributed by atoms with Crippen LogP contribution in [0.5, 0.6) is 11.5 Å². The number of alkyl halides is 3. The zero-order chi connectivity index (χ0) is 26.9. The molecule has 196 valence electrons. The molecule has 1 amide bonds. The molecule has 1 saturated heterocycles. The summed E-state index contributed by atoms with van der Waals surface area (Å²) in [6, 6.07) is 14.6. The topological polar surface area (TPSA) is 92.9 Å². The lowest BCUT2D eigenvalue weighted by Gasteiger charge is -2.35. The first-order chi connectivity index (χ1) is 18.2. The third-order valence-electron chi connectivity index (χ3n) is 6.64. The molecule has 1 fully saturated rings. The number of phenols is 1. The fraction of sp³-hybridized carbons (Fsp3) is 0.296. The van der Waals surface area contributed by atoms with E-state index < -0.39 is 6.36 Å². The summed E-state index contributed by atoms with van der Waals surface area (Å²) in [5.41, 5.74) is 3.05. The highest BCUT2D eigenvalue weighted by molar-refractivity contribution is 6.01. The van der Waals surface area contributed by atoms with Crippen LogP contribution >= 0.6 is 0 Å². The standard InChI is InChI=1S/C27H24F3N5O3/c28-27(29,30)38-22-5-3-18(4-6-22)16-35-17-21-12-19(13-23(36)24(21)26(35)37)15-33-8-10-34(11-9-33)25-20(14-31)2-1-7-32-25/h1-7,12-13,36H,8-11,15-17H2. The molecule has 2 aliphatic rings. The van der Waals surface area contributed by atoms with Gasteiger partial charge in [-0.2, -0.15) is 5.26 Å². The van der Waals surface area contributed by atoms with Crippen LogP contribution in [0.1, 0.15) is 32.6 Å². The van der Waals surface area contributed by atoms with Crippen molar-refractivity contribution >= 4 is 11.7 Å². The Labute approximate surface area is 217 Å². The van der Waals surface area contributed by atoms with E-state index in [2.05, 4.69) is 25.6 Å². The molecule has 0 radical (unpaired) electrons. The molecule has 0 saturated carbocycles. The van der Waals surface area contributed by atoms with E-state index in [-0.39, 0.29) is 29.5 Å². The Balaban J connectivity index is 1.21. The van der Waals surface area contributed by atoms with Crippen molar-refractivity contribution in [2.45, 2.75) is 26.0 Å². The molecule has 38 heavy (non-hydrogen) atoms. The SMILES string of the molecule is N#Cc1cccnc1N1CCN(Cc2cc(O)c3c(c2)CN(Cc2ccc(OC(F)(F)F)cc2)C3=O)CC1. The van der Waals surface area contributed by atoms with Crippen LogP contribution in [0.4, 0.5) is 19.0 Å². The number of nitriles is 1. The highest BCUT2D eigenvalue weighted by atomic mass is 19.4. The monoisotopic (exact) mass is 523 g/mol. The minimum absolute atomic E-state index is 0.0790. The normalized spacial score (nSPS) is 15.9. The summed E-state index contributed by atoms with van der Waals surface area (Å²) >= 11 is 0. The number of aromatic hydroxyl groups is 1. The van der Waals surface area contributed by atoms with Crippen LogP contribution in [0.15, 0.2) is 54.7 Å². The minimum atomic E-state index is -4.77. The lowest BCUT2D eigenvalue weighted by Crippen LogP contribution is -2.46. The number of fused-ring (bicyclic) bond motifs is 1. The lowest BCUT2D eigenvalue weighted by atomic mass is 10.0. The Morgan fingerprint density at radius 2 is 1.76 bits per heavy atom. The van der Waals surface area contributed by atoms with Crippen molar-refractivity contribution in [3.05, 3.63) is 82.5 Å². The van der Waals surface area contributed by atoms with Gasteiger partial charge in [0.15, 0.2) is 0 Å². The zero-order valence-corrected chi connectivity index (χ0v) is 20.3. The molecule has 0 aliphatic carbocycles. The van der Waals surface area contributed by atoms with Crippen molar-refractivity contribution in [1.82, 2.24) is 14.8 Å². The van der Waals surface area contributed by atoms with Crippen molar-refractivity contribution in [2.75, 3.05) is 31.1 Å². The van der Waals surface area contributed by atoms with Crippen LogP contribution in [0.3, 0.4) is 0 Å². The fourth-order valence-corrected chi connectivity index (χ4v) is 4.91. The maximum atomic E-state index is 12.9. The molecule has 0 atom stereocenters. The van der Waals surface area contributed by atoms with E-state index in [1.54, 1.807) is 29.3 Å². The number of nitrogens with zero attached hydrogens (tertiary/aromatic N) is 5. The van der Waals surface area contributed by atoms with E-state index in [0.717, 1.165) is 18.7 Å². The molecule has 1 N–H and O–H groups in total. The lowest BCUT2D eigenvalue weighted by molar-refractivity contribution is -0.274. The highest BCUT2D eigenvalue weighted by Gasteiger charge is 2.32. The van der Waals surface area contributed by atoms with Crippen LogP contribution < -0.4 is 9.64 Å². The zero-order valence-electron chi connectivity index (χ0n) is 20.3. The number of anilines is 1. The molecule has 3 heterocycles. The first kappa shape index (κ1) is 25.4. The Kier molecular flexibility index (Phi) is 6.82. The third kappa shape index (κ3) is 5.50. The molecule has 0 unspecified atom stereocenters. The van der Waals surface area contributed by atoms with Gasteiger partial charge in [-0.1, -0.05) is 18.2 Å². The summed E-state index contributed by atoms with van der Waals surface area (Å²) in [6.07, 6.45) is -3.09. The van der Waals surface area contributed by atoms with Crippen molar-refractivity contribution in [3.63, 3.8) is 0 Å². The average Bonchev–Trinajstić information content (AvgIpc) is 3.20. The Hall–Kier alpha value is -4.30. The van der Waals surface area contributed by atoms with Crippen molar-refractivity contribution in [2.24, 2.45) is 0 Å². The fourth-order valence-electron chi connectivity index (χ4n) is 4.91. The molecular formula is C27H24F3N5O3. The number of piperazine rings is 1. The van der Waals surface area contributed by atoms with Crippen LogP contribution in [-0.2, 0) is 19.6 Å². The number of ether oxygens (including phenoxy) is 1. The maximum absolute atomic E-state index is 12.9. The molecule has 1 aromatic heterocycles. The number of phenolic OH excluding ortho intramolecular Hbond substituents is 1. The molecule has 3 aromatic rings. The van der Waals surface area contributed by atoms with Crippen LogP contribution in [0.2, 0.25) is 0 Å². The molecule has 5 rings (SSSR count). The third-order valence-corrected chi connectivity index (χ3v) is 6.64. The summed E-state index contributed by atoms with van der Waals surface area (Å²) in [6.45, 7) is 3.99. The predicted molar refractivity (Wildman–Crippen MR) is 131 cm³/mol. The second kappa shape index (κ2) is 10.2. The number of hydrogen-bond acceptors (Lipinski definition) is 7. The predicted octanol–water partition coefficient (Wildman–Crippen LogP) is 4.04. The van der Waals surface area contributed by atoms with E-state index in [4.69, 9.17) is 0 Å². The van der Waals surface area contributed by atoms with Crippen LogP contribution in [0, 0.1) is 11.3 Å². The first-order valence-corrected chi connectivity index (χ1v) is 12.0. The number of aromatic nitrogens is 1. The van der Waals surface area contributed by atoms with E-state index in [1.807, 2.05) is 6.07 Å². The van der Waals surface area contributed by atoms with E-state index in [1.165, 1.54) is 24.3 Å². The van der Waals surface area contributed by atoms with Gasteiger partial charge in [0.2, 0.25) is 0 Å². The van der Waals surface area contributed by atoms with Crippen LogP contribution in [-0.4, -0.2) is 58.3 Å². The molecule has 11 heteroatoms. The average molecular weight is 524 g/mol. The first-order valence-electron chi connectivity index (χ1n) is 12.0. The van der Waals surface area contributed by atoms with E-state index >= 15 is 0 Å². The number of amides is 1. The van der Waals surface area contributed by atoms with E-state index in [0.29, 0.717) is 48.7 Å². The molecule has 2 aliphatic heterocycles. The van der Waals surface area contributed by atoms with Gasteiger partial charge in [0.1, 0.15) is 23.4 Å². The van der Waals surface area contributed by atoms with Gasteiger partial charge in [0.25, 0.3) is 5.91 Å². The van der Waals surface area contributed by atoms with Gasteiger partial charge in [-0.15, -0.1) is 13.2 Å². The van der Waals surface area contributed by atoms with Gasteiger partial charge in [0.05, 0.1) is 11.1 Å². The Morgan fingerprint density at radius 3 is 2.45 bits per heavy atom. The molecule has 2 aromatic carbocycles. The smallest absolute Gasteiger partial charge is 0.507 e. The second-order valence-corrected chi connectivity index (χ2v) is 9.25. The number of pyridine rings is 1. The Morgan fingerprint density at radius 1 is 1.03 bits per heavy atom. The molecule has 8 nitrogen and oxygen atoms in total. The number of halogens is 3. The van der Waals surface area contributed by atoms with Gasteiger partial charge in [0, 0.05) is 52.0 Å². The summed E-state index contributed by atoms with van der Waals surface area (Å²) in [4.78, 5) is 23.2. The van der Waals surface area contributed by atoms with Gasteiger partial charge in [-0.3, -0.25) is 9.69 Å². The highest BCUT2D eigenvalue weighted by Crippen LogP contribution is 2.33. The maximum Gasteiger partial charge on any atom is 0.573 e. The number of benzene rings is 2. The largest absolute Gasteiger partial charge is 0.573 e. The van der Waals surface area contributed by atoms with E-state index in [9.17, 15) is 28.3 Å². The van der Waals surface area contributed by atoms with Crippen molar-refractivity contribution < 1.29 is 27.8 Å². The molecule has 0 spiro atoms. The van der Waals surface area contributed by atoms with Crippen molar-refractivity contribution in [1.29, 1.82) is 5.26 Å². The Bertz CT molecular complexity index is 1380. The quantitative estimate of drug-likeness (QED) is 0.522. The summed E-state index contributed by atoms with van der Waals surface area (Å²) in [5.74, 6) is -0.0430. The van der Waals surface area contributed by atoms with Crippen molar-refractivity contribution in [3.8, 4) is 17.6 Å². The van der Waals surface area contributed by atoms with Gasteiger partial charge < -0.3 is 19.6 Å². The summed E-state index contributed by atoms with van der Waals surface area (Å²) in [7, 11) is 0. The minimum Gasteiger partial charge on any atom is -0.507 e. The van der Waals surface area contributed by atoms with Gasteiger partial charge in [-0.05, 0) is 47.0 Å². The van der Waals surface area contributed by atoms with Gasteiger partial charge in [-0.25, -0.2) is 4.98 Å².